The molecule has 1 aromatic heterocycles. The van der Waals surface area contributed by atoms with E-state index in [1.165, 1.54) is 4.80 Å². The van der Waals surface area contributed by atoms with Crippen LogP contribution >= 0.6 is 24.0 Å². The van der Waals surface area contributed by atoms with Gasteiger partial charge in [0, 0.05) is 22.7 Å². The molecule has 3 rings (SSSR count). The lowest BCUT2D eigenvalue weighted by Crippen LogP contribution is -2.52. The van der Waals surface area contributed by atoms with Crippen LogP contribution < -0.4 is 10.6 Å². The average Bonchev–Trinajstić information content (AvgIpc) is 2.98. The second-order valence-corrected chi connectivity index (χ2v) is 6.15. The van der Waals surface area contributed by atoms with Crippen LogP contribution in [0.5, 0.6) is 0 Å². The van der Waals surface area contributed by atoms with Crippen molar-refractivity contribution in [1.29, 1.82) is 0 Å². The normalized spacial score (nSPS) is 20.2. The highest BCUT2D eigenvalue weighted by Crippen LogP contribution is 2.16. The van der Waals surface area contributed by atoms with Gasteiger partial charge in [0.15, 0.2) is 0 Å². The van der Waals surface area contributed by atoms with E-state index in [0.29, 0.717) is 10.8 Å². The number of hydrogen-bond donors (Lipinski definition) is 2. The summed E-state index contributed by atoms with van der Waals surface area (Å²) in [5.41, 5.74) is 0.811. The van der Waals surface area contributed by atoms with Crippen LogP contribution in [0.3, 0.4) is 0 Å². The Kier molecular flexibility index (Phi) is 6.53. The predicted molar refractivity (Wildman–Crippen MR) is 94.1 cm³/mol. The molecule has 1 aliphatic heterocycles. The maximum Gasteiger partial charge on any atom is 0.243 e. The van der Waals surface area contributed by atoms with Gasteiger partial charge in [-0.15, -0.1) is 22.6 Å². The average molecular weight is 371 g/mol. The number of amides is 1. The minimum Gasteiger partial charge on any atom is -0.350 e. The third-order valence-electron chi connectivity index (χ3n) is 3.95. The maximum absolute atomic E-state index is 12.1. The first-order valence-electron chi connectivity index (χ1n) is 7.68. The number of tetrazole rings is 1. The molecule has 2 heterocycles. The zero-order valence-electron chi connectivity index (χ0n) is 13.3. The van der Waals surface area contributed by atoms with Gasteiger partial charge < -0.3 is 10.6 Å². The van der Waals surface area contributed by atoms with Crippen molar-refractivity contribution in [3.05, 3.63) is 29.3 Å². The van der Waals surface area contributed by atoms with E-state index in [0.717, 1.165) is 24.9 Å². The maximum atomic E-state index is 12.1. The van der Waals surface area contributed by atoms with Gasteiger partial charge in [-0.3, -0.25) is 4.79 Å². The summed E-state index contributed by atoms with van der Waals surface area (Å²) in [6.07, 6.45) is 2.05. The molecule has 1 aliphatic rings. The van der Waals surface area contributed by atoms with E-state index in [2.05, 4.69) is 33.0 Å². The standard InChI is InChI=1S/C15H19ClN6O.ClH/c1-10-13(3-2-8-17-10)18-14(23)9-22-20-15(19-21-22)11-4-6-12(16)7-5-11;/h4-7,10,13,17H,2-3,8-9H2,1H3,(H,18,23);1H. The van der Waals surface area contributed by atoms with Crippen LogP contribution in [0.2, 0.25) is 5.02 Å². The number of benzene rings is 1. The molecule has 1 aromatic carbocycles. The minimum atomic E-state index is -0.106. The molecule has 0 spiro atoms. The highest BCUT2D eigenvalue weighted by Gasteiger charge is 2.22. The molecule has 1 saturated heterocycles. The number of halogens is 2. The number of nitrogens with one attached hydrogen (secondary N) is 2. The van der Waals surface area contributed by atoms with Crippen molar-refractivity contribution in [2.24, 2.45) is 0 Å². The molecule has 0 saturated carbocycles. The fourth-order valence-corrected chi connectivity index (χ4v) is 2.77. The van der Waals surface area contributed by atoms with Crippen molar-refractivity contribution in [2.75, 3.05) is 6.54 Å². The highest BCUT2D eigenvalue weighted by atomic mass is 35.5. The molecule has 0 radical (unpaired) electrons. The topological polar surface area (TPSA) is 84.7 Å². The Hall–Kier alpha value is -1.70. The number of nitrogens with zero attached hydrogens (tertiary/aromatic N) is 4. The van der Waals surface area contributed by atoms with E-state index in [4.69, 9.17) is 11.6 Å². The van der Waals surface area contributed by atoms with Crippen LogP contribution in [-0.2, 0) is 11.3 Å². The molecule has 24 heavy (non-hydrogen) atoms. The van der Waals surface area contributed by atoms with Crippen LogP contribution in [-0.4, -0.2) is 44.7 Å². The van der Waals surface area contributed by atoms with Gasteiger partial charge in [0.1, 0.15) is 6.54 Å². The number of piperidine rings is 1. The Morgan fingerprint density at radius 3 is 2.88 bits per heavy atom. The van der Waals surface area contributed by atoms with Gasteiger partial charge in [-0.2, -0.15) is 4.80 Å². The molecule has 2 atom stereocenters. The summed E-state index contributed by atoms with van der Waals surface area (Å²) in [6, 6.07) is 7.60. The molecule has 2 unspecified atom stereocenters. The monoisotopic (exact) mass is 370 g/mol. The third-order valence-corrected chi connectivity index (χ3v) is 4.20. The van der Waals surface area contributed by atoms with Gasteiger partial charge in [0.05, 0.1) is 0 Å². The first-order valence-corrected chi connectivity index (χ1v) is 8.06. The molecule has 2 aromatic rings. The summed E-state index contributed by atoms with van der Waals surface area (Å²) in [4.78, 5) is 13.4. The van der Waals surface area contributed by atoms with E-state index >= 15 is 0 Å². The van der Waals surface area contributed by atoms with Crippen molar-refractivity contribution < 1.29 is 4.79 Å². The second kappa shape index (κ2) is 8.41. The molecule has 9 heteroatoms. The number of aromatic nitrogens is 4. The number of carbonyl (C=O) groups is 1. The molecule has 2 N–H and O–H groups in total. The molecule has 1 fully saturated rings. The Labute approximate surface area is 151 Å². The molecule has 130 valence electrons. The minimum absolute atomic E-state index is 0. The SMILES string of the molecule is CC1NCCCC1NC(=O)Cn1nnc(-c2ccc(Cl)cc2)n1.Cl. The zero-order chi connectivity index (χ0) is 16.2. The number of rotatable bonds is 4. The predicted octanol–water partition coefficient (Wildman–Crippen LogP) is 1.67. The summed E-state index contributed by atoms with van der Waals surface area (Å²) < 4.78 is 0. The van der Waals surface area contributed by atoms with Crippen molar-refractivity contribution in [3.8, 4) is 11.4 Å². The summed E-state index contributed by atoms with van der Waals surface area (Å²) in [7, 11) is 0. The third kappa shape index (κ3) is 4.66. The summed E-state index contributed by atoms with van der Waals surface area (Å²) in [5.74, 6) is 0.368. The van der Waals surface area contributed by atoms with Crippen LogP contribution in [0.1, 0.15) is 19.8 Å². The van der Waals surface area contributed by atoms with Crippen molar-refractivity contribution in [2.45, 2.75) is 38.4 Å². The Morgan fingerprint density at radius 1 is 1.42 bits per heavy atom. The molecular formula is C15H20Cl2N6O. The Morgan fingerprint density at radius 2 is 2.17 bits per heavy atom. The number of carbonyl (C=O) groups excluding carboxylic acids is 1. The fourth-order valence-electron chi connectivity index (χ4n) is 2.65. The molecular weight excluding hydrogens is 351 g/mol. The smallest absolute Gasteiger partial charge is 0.243 e. The van der Waals surface area contributed by atoms with Crippen molar-refractivity contribution >= 4 is 29.9 Å². The molecule has 7 nitrogen and oxygen atoms in total. The lowest BCUT2D eigenvalue weighted by atomic mass is 10.00. The first kappa shape index (κ1) is 18.6. The number of hydrogen-bond acceptors (Lipinski definition) is 5. The quantitative estimate of drug-likeness (QED) is 0.854. The van der Waals surface area contributed by atoms with Crippen LogP contribution in [0.4, 0.5) is 0 Å². The van der Waals surface area contributed by atoms with Crippen molar-refractivity contribution in [3.63, 3.8) is 0 Å². The molecule has 0 bridgehead atoms. The lowest BCUT2D eigenvalue weighted by molar-refractivity contribution is -0.123. The summed E-state index contributed by atoms with van der Waals surface area (Å²) in [6.45, 7) is 3.14. The lowest BCUT2D eigenvalue weighted by Gasteiger charge is -2.30. The summed E-state index contributed by atoms with van der Waals surface area (Å²) in [5, 5.41) is 19.2. The van der Waals surface area contributed by atoms with Gasteiger partial charge in [-0.05, 0) is 55.8 Å². The van der Waals surface area contributed by atoms with Gasteiger partial charge in [0.2, 0.25) is 11.7 Å². The second-order valence-electron chi connectivity index (χ2n) is 5.71. The molecule has 0 aliphatic carbocycles. The molecule has 1 amide bonds. The van der Waals surface area contributed by atoms with Gasteiger partial charge in [-0.25, -0.2) is 0 Å². The van der Waals surface area contributed by atoms with E-state index in [1.54, 1.807) is 12.1 Å². The first-order chi connectivity index (χ1) is 11.1. The van der Waals surface area contributed by atoms with E-state index in [1.807, 2.05) is 12.1 Å². The highest BCUT2D eigenvalue weighted by molar-refractivity contribution is 6.30. The Bertz CT molecular complexity index is 675. The van der Waals surface area contributed by atoms with Crippen molar-refractivity contribution in [1.82, 2.24) is 30.8 Å². The Balaban J connectivity index is 0.00000208. The van der Waals surface area contributed by atoms with Gasteiger partial charge in [-0.1, -0.05) is 11.6 Å². The van der Waals surface area contributed by atoms with Crippen LogP contribution in [0.25, 0.3) is 11.4 Å². The largest absolute Gasteiger partial charge is 0.350 e. The summed E-state index contributed by atoms with van der Waals surface area (Å²) >= 11 is 5.86. The zero-order valence-corrected chi connectivity index (χ0v) is 14.8. The van der Waals surface area contributed by atoms with Gasteiger partial charge in [0.25, 0.3) is 0 Å². The van der Waals surface area contributed by atoms with Crippen LogP contribution in [0, 0.1) is 0 Å². The van der Waals surface area contributed by atoms with E-state index in [9.17, 15) is 4.79 Å². The van der Waals surface area contributed by atoms with Crippen LogP contribution in [0.15, 0.2) is 24.3 Å². The van der Waals surface area contributed by atoms with E-state index < -0.39 is 0 Å². The van der Waals surface area contributed by atoms with Gasteiger partial charge >= 0.3 is 0 Å². The fraction of sp³-hybridized carbons (Fsp3) is 0.467. The van der Waals surface area contributed by atoms with E-state index in [-0.39, 0.29) is 36.9 Å².